The van der Waals surface area contributed by atoms with Crippen molar-refractivity contribution in [1.29, 1.82) is 0 Å². The lowest BCUT2D eigenvalue weighted by atomic mass is 10.2. The zero-order valence-electron chi connectivity index (χ0n) is 22.0. The standard InChI is InChI=1S/C28H31FN8O2/c1-3-23-24(34-28(38)39-14-13-35(2)12-11-29)18-37-26(23)27(30-19-32-37)33-22-9-10-25-21(15-22)16-31-36(25)17-20-7-5-4-6-8-20/h4-10,15-16,18-19H,3,11-14,17H2,1-2H3,(H,34,38)(H,30,32,33). The van der Waals surface area contributed by atoms with Crippen LogP contribution in [0.15, 0.2) is 67.3 Å². The Labute approximate surface area is 225 Å². The Kier molecular flexibility index (Phi) is 7.97. The van der Waals surface area contributed by atoms with Gasteiger partial charge in [-0.2, -0.15) is 10.2 Å². The Bertz CT molecular complexity index is 1570. The third-order valence-corrected chi connectivity index (χ3v) is 6.52. The van der Waals surface area contributed by atoms with Crippen molar-refractivity contribution < 1.29 is 13.9 Å². The van der Waals surface area contributed by atoms with Crippen LogP contribution in [0.5, 0.6) is 0 Å². The van der Waals surface area contributed by atoms with Gasteiger partial charge in [0, 0.05) is 29.7 Å². The summed E-state index contributed by atoms with van der Waals surface area (Å²) in [7, 11) is 1.78. The van der Waals surface area contributed by atoms with Crippen molar-refractivity contribution >= 4 is 39.7 Å². The molecule has 10 nitrogen and oxygen atoms in total. The number of carbonyl (C=O) groups excluding carboxylic acids is 1. The molecule has 0 spiro atoms. The lowest BCUT2D eigenvalue weighted by Gasteiger charge is -2.14. The zero-order valence-corrected chi connectivity index (χ0v) is 22.0. The van der Waals surface area contributed by atoms with Crippen molar-refractivity contribution in [2.75, 3.05) is 44.1 Å². The highest BCUT2D eigenvalue weighted by Gasteiger charge is 2.18. The summed E-state index contributed by atoms with van der Waals surface area (Å²) in [5.41, 5.74) is 5.32. The highest BCUT2D eigenvalue weighted by molar-refractivity contribution is 5.91. The Balaban J connectivity index is 1.33. The van der Waals surface area contributed by atoms with Crippen LogP contribution in [0.3, 0.4) is 0 Å². The van der Waals surface area contributed by atoms with E-state index in [4.69, 9.17) is 4.74 Å². The summed E-state index contributed by atoms with van der Waals surface area (Å²) >= 11 is 0. The number of nitrogens with one attached hydrogen (secondary N) is 2. The van der Waals surface area contributed by atoms with E-state index >= 15 is 0 Å². The minimum Gasteiger partial charge on any atom is -0.448 e. The lowest BCUT2D eigenvalue weighted by Crippen LogP contribution is -2.27. The average Bonchev–Trinajstić information content (AvgIpc) is 3.50. The number of hydrogen-bond acceptors (Lipinski definition) is 7. The Morgan fingerprint density at radius 2 is 1.97 bits per heavy atom. The van der Waals surface area contributed by atoms with E-state index in [1.165, 1.54) is 11.9 Å². The maximum Gasteiger partial charge on any atom is 0.411 e. The molecule has 3 heterocycles. The fraction of sp³-hybridized carbons (Fsp3) is 0.286. The first kappa shape index (κ1) is 26.1. The van der Waals surface area contributed by atoms with E-state index in [2.05, 4.69) is 37.9 Å². The molecule has 0 bridgehead atoms. The summed E-state index contributed by atoms with van der Waals surface area (Å²) in [4.78, 5) is 18.7. The van der Waals surface area contributed by atoms with Crippen LogP contribution in [0, 0.1) is 0 Å². The second-order valence-electron chi connectivity index (χ2n) is 9.22. The number of anilines is 3. The predicted molar refractivity (Wildman–Crippen MR) is 149 cm³/mol. The normalized spacial score (nSPS) is 11.4. The topological polar surface area (TPSA) is 102 Å². The maximum atomic E-state index is 12.4. The Morgan fingerprint density at radius 3 is 2.77 bits per heavy atom. The molecule has 11 heteroatoms. The van der Waals surface area contributed by atoms with Crippen LogP contribution < -0.4 is 10.6 Å². The molecule has 0 fully saturated rings. The van der Waals surface area contributed by atoms with Crippen molar-refractivity contribution in [2.45, 2.75) is 19.9 Å². The molecule has 0 aliphatic rings. The van der Waals surface area contributed by atoms with Crippen LogP contribution in [-0.2, 0) is 17.7 Å². The fourth-order valence-corrected chi connectivity index (χ4v) is 4.51. The summed E-state index contributed by atoms with van der Waals surface area (Å²) in [6.07, 6.45) is 5.13. The van der Waals surface area contributed by atoms with Crippen molar-refractivity contribution in [1.82, 2.24) is 29.3 Å². The molecule has 0 saturated heterocycles. The van der Waals surface area contributed by atoms with Crippen LogP contribution in [0.2, 0.25) is 0 Å². The number of halogens is 1. The van der Waals surface area contributed by atoms with Crippen LogP contribution in [0.4, 0.5) is 26.4 Å². The number of rotatable bonds is 11. The number of aromatic nitrogens is 5. The fourth-order valence-electron chi connectivity index (χ4n) is 4.51. The molecule has 0 atom stereocenters. The Morgan fingerprint density at radius 1 is 1.13 bits per heavy atom. The number of carbonyl (C=O) groups is 1. The lowest BCUT2D eigenvalue weighted by molar-refractivity contribution is 0.144. The number of hydrogen-bond donors (Lipinski definition) is 2. The molecule has 0 aliphatic carbocycles. The van der Waals surface area contributed by atoms with Gasteiger partial charge in [0.1, 0.15) is 25.1 Å². The van der Waals surface area contributed by atoms with Gasteiger partial charge in [0.05, 0.1) is 30.1 Å². The molecule has 0 saturated carbocycles. The molecule has 1 amide bonds. The van der Waals surface area contributed by atoms with Gasteiger partial charge in [-0.05, 0) is 37.2 Å². The summed E-state index contributed by atoms with van der Waals surface area (Å²) in [5, 5.41) is 16.1. The van der Waals surface area contributed by atoms with Crippen molar-refractivity contribution in [3.63, 3.8) is 0 Å². The van der Waals surface area contributed by atoms with Gasteiger partial charge in [0.25, 0.3) is 0 Å². The molecule has 2 aromatic carbocycles. The SMILES string of the molecule is CCc1c(NC(=O)OCCN(C)CCF)cn2ncnc(Nc3ccc4c(cnn4Cc4ccccc4)c3)c12. The van der Waals surface area contributed by atoms with Crippen LogP contribution in [0.25, 0.3) is 16.4 Å². The summed E-state index contributed by atoms with van der Waals surface area (Å²) in [5.74, 6) is 0.618. The molecule has 3 aromatic heterocycles. The average molecular weight is 531 g/mol. The predicted octanol–water partition coefficient (Wildman–Crippen LogP) is 4.88. The monoisotopic (exact) mass is 530 g/mol. The highest BCUT2D eigenvalue weighted by atomic mass is 19.1. The van der Waals surface area contributed by atoms with Crippen molar-refractivity contribution in [2.24, 2.45) is 0 Å². The summed E-state index contributed by atoms with van der Waals surface area (Å²) in [6.45, 7) is 3.16. The second kappa shape index (κ2) is 11.9. The van der Waals surface area contributed by atoms with E-state index in [0.29, 0.717) is 37.6 Å². The molecule has 0 aliphatic heterocycles. The number of ether oxygens (including phenoxy) is 1. The minimum absolute atomic E-state index is 0.161. The third-order valence-electron chi connectivity index (χ3n) is 6.52. The van der Waals surface area contributed by atoms with E-state index in [9.17, 15) is 9.18 Å². The van der Waals surface area contributed by atoms with E-state index in [1.54, 1.807) is 22.7 Å². The van der Waals surface area contributed by atoms with E-state index in [-0.39, 0.29) is 6.61 Å². The number of aryl methyl sites for hydroxylation is 1. The third kappa shape index (κ3) is 5.99. The van der Waals surface area contributed by atoms with Crippen LogP contribution in [0.1, 0.15) is 18.1 Å². The van der Waals surface area contributed by atoms with Gasteiger partial charge >= 0.3 is 6.09 Å². The van der Waals surface area contributed by atoms with Gasteiger partial charge < -0.3 is 15.0 Å². The molecular weight excluding hydrogens is 499 g/mol. The van der Waals surface area contributed by atoms with Gasteiger partial charge in [-0.15, -0.1) is 0 Å². The molecule has 39 heavy (non-hydrogen) atoms. The molecule has 2 N–H and O–H groups in total. The van der Waals surface area contributed by atoms with Crippen molar-refractivity contribution in [3.05, 3.63) is 78.4 Å². The molecular formula is C28H31FN8O2. The van der Waals surface area contributed by atoms with Crippen LogP contribution in [-0.4, -0.2) is 68.8 Å². The zero-order chi connectivity index (χ0) is 27.2. The molecule has 0 unspecified atom stereocenters. The van der Waals surface area contributed by atoms with Crippen molar-refractivity contribution in [3.8, 4) is 0 Å². The van der Waals surface area contributed by atoms with Gasteiger partial charge in [0.2, 0.25) is 0 Å². The quantitative estimate of drug-likeness (QED) is 0.251. The maximum absolute atomic E-state index is 12.4. The largest absolute Gasteiger partial charge is 0.448 e. The number of amides is 1. The molecule has 0 radical (unpaired) electrons. The van der Waals surface area contributed by atoms with Crippen LogP contribution >= 0.6 is 0 Å². The number of alkyl halides is 1. The molecule has 202 valence electrons. The number of nitrogens with zero attached hydrogens (tertiary/aromatic N) is 6. The Hall–Kier alpha value is -4.51. The number of likely N-dealkylation sites (N-methyl/N-ethyl adjacent to an activating group) is 1. The first-order valence-corrected chi connectivity index (χ1v) is 12.9. The smallest absolute Gasteiger partial charge is 0.411 e. The van der Waals surface area contributed by atoms with E-state index in [1.807, 2.05) is 54.2 Å². The minimum atomic E-state index is -0.574. The second-order valence-corrected chi connectivity index (χ2v) is 9.22. The summed E-state index contributed by atoms with van der Waals surface area (Å²) < 4.78 is 21.4. The molecule has 5 rings (SSSR count). The van der Waals surface area contributed by atoms with E-state index in [0.717, 1.165) is 27.7 Å². The highest BCUT2D eigenvalue weighted by Crippen LogP contribution is 2.30. The van der Waals surface area contributed by atoms with Gasteiger partial charge in [-0.3, -0.25) is 10.00 Å². The van der Waals surface area contributed by atoms with Gasteiger partial charge in [0.15, 0.2) is 5.82 Å². The molecule has 5 aromatic rings. The first-order chi connectivity index (χ1) is 19.1. The van der Waals surface area contributed by atoms with Gasteiger partial charge in [-0.1, -0.05) is 37.3 Å². The van der Waals surface area contributed by atoms with E-state index < -0.39 is 12.8 Å². The number of fused-ring (bicyclic) bond motifs is 2. The summed E-state index contributed by atoms with van der Waals surface area (Å²) in [6, 6.07) is 16.3. The first-order valence-electron chi connectivity index (χ1n) is 12.9. The van der Waals surface area contributed by atoms with Gasteiger partial charge in [-0.25, -0.2) is 18.7 Å². The number of benzene rings is 2.